The maximum atomic E-state index is 11.4. The zero-order valence-corrected chi connectivity index (χ0v) is 11.8. The van der Waals surface area contributed by atoms with Crippen molar-refractivity contribution in [2.45, 2.75) is 45.4 Å². The Balaban J connectivity index is 2.78. The number of rotatable bonds is 6. The number of halogens is 2. The lowest BCUT2D eigenvalue weighted by molar-refractivity contribution is -0.118. The largest absolute Gasteiger partial charge is 0.300 e. The van der Waals surface area contributed by atoms with Gasteiger partial charge in [-0.3, -0.25) is 4.79 Å². The van der Waals surface area contributed by atoms with Gasteiger partial charge in [-0.2, -0.15) is 0 Å². The lowest BCUT2D eigenvalue weighted by Gasteiger charge is -2.16. The summed E-state index contributed by atoms with van der Waals surface area (Å²) in [5.74, 6) is 0.623. The SMILES string of the molecule is CCC(=O)CCC(CC)c1cc(Cl)ccc1Cl. The van der Waals surface area contributed by atoms with E-state index in [0.29, 0.717) is 29.6 Å². The van der Waals surface area contributed by atoms with Crippen molar-refractivity contribution in [2.24, 2.45) is 0 Å². The lowest BCUT2D eigenvalue weighted by atomic mass is 9.91. The molecule has 0 radical (unpaired) electrons. The van der Waals surface area contributed by atoms with Crippen LogP contribution in [0.2, 0.25) is 10.0 Å². The van der Waals surface area contributed by atoms with Crippen LogP contribution in [0.15, 0.2) is 18.2 Å². The summed E-state index contributed by atoms with van der Waals surface area (Å²) in [4.78, 5) is 11.4. The van der Waals surface area contributed by atoms with Crippen LogP contribution >= 0.6 is 23.2 Å². The number of benzene rings is 1. The monoisotopic (exact) mass is 272 g/mol. The summed E-state index contributed by atoms with van der Waals surface area (Å²) in [7, 11) is 0. The Bertz CT molecular complexity index is 388. The topological polar surface area (TPSA) is 17.1 Å². The van der Waals surface area contributed by atoms with Gasteiger partial charge in [0.1, 0.15) is 5.78 Å². The number of Topliss-reactive ketones (excluding diaryl/α,β-unsaturated/α-hetero) is 1. The number of ketones is 1. The van der Waals surface area contributed by atoms with Crippen LogP contribution in [0, 0.1) is 0 Å². The molecule has 0 bridgehead atoms. The zero-order chi connectivity index (χ0) is 12.8. The molecule has 1 unspecified atom stereocenters. The minimum absolute atomic E-state index is 0.307. The quantitative estimate of drug-likeness (QED) is 0.692. The summed E-state index contributed by atoms with van der Waals surface area (Å²) in [6.07, 6.45) is 3.05. The van der Waals surface area contributed by atoms with Gasteiger partial charge in [-0.1, -0.05) is 37.0 Å². The van der Waals surface area contributed by atoms with E-state index in [1.54, 1.807) is 6.07 Å². The Morgan fingerprint density at radius 3 is 2.59 bits per heavy atom. The molecule has 1 aromatic rings. The summed E-state index contributed by atoms with van der Waals surface area (Å²) in [6, 6.07) is 5.52. The van der Waals surface area contributed by atoms with Crippen LogP contribution in [0.1, 0.15) is 51.0 Å². The van der Waals surface area contributed by atoms with Crippen molar-refractivity contribution in [2.75, 3.05) is 0 Å². The van der Waals surface area contributed by atoms with Gasteiger partial charge in [0, 0.05) is 22.9 Å². The third-order valence-electron chi connectivity index (χ3n) is 3.06. The van der Waals surface area contributed by atoms with Gasteiger partial charge in [-0.05, 0) is 42.5 Å². The van der Waals surface area contributed by atoms with E-state index in [9.17, 15) is 4.79 Å². The van der Waals surface area contributed by atoms with Gasteiger partial charge < -0.3 is 0 Å². The first-order chi connectivity index (χ1) is 8.08. The molecule has 0 aliphatic carbocycles. The average molecular weight is 273 g/mol. The molecule has 0 saturated carbocycles. The molecule has 0 heterocycles. The predicted octanol–water partition coefficient (Wildman–Crippen LogP) is 5.25. The molecule has 1 aromatic carbocycles. The van der Waals surface area contributed by atoms with Crippen LogP contribution < -0.4 is 0 Å². The molecule has 1 rings (SSSR count). The highest BCUT2D eigenvalue weighted by molar-refractivity contribution is 6.33. The molecule has 0 saturated heterocycles. The van der Waals surface area contributed by atoms with E-state index in [2.05, 4.69) is 6.92 Å². The maximum absolute atomic E-state index is 11.4. The highest BCUT2D eigenvalue weighted by Crippen LogP contribution is 2.32. The molecular formula is C14H18Cl2O. The maximum Gasteiger partial charge on any atom is 0.132 e. The van der Waals surface area contributed by atoms with Crippen molar-refractivity contribution in [1.29, 1.82) is 0 Å². The molecule has 0 aliphatic heterocycles. The van der Waals surface area contributed by atoms with Gasteiger partial charge in [0.25, 0.3) is 0 Å². The minimum Gasteiger partial charge on any atom is -0.300 e. The number of carbonyl (C=O) groups is 1. The van der Waals surface area contributed by atoms with E-state index < -0.39 is 0 Å². The summed E-state index contributed by atoms with van der Waals surface area (Å²) >= 11 is 12.2. The molecule has 3 heteroatoms. The van der Waals surface area contributed by atoms with Crippen molar-refractivity contribution in [1.82, 2.24) is 0 Å². The van der Waals surface area contributed by atoms with Gasteiger partial charge in [0.05, 0.1) is 0 Å². The molecule has 0 N–H and O–H groups in total. The van der Waals surface area contributed by atoms with Crippen molar-refractivity contribution in [3.8, 4) is 0 Å². The van der Waals surface area contributed by atoms with E-state index in [1.165, 1.54) is 0 Å². The second kappa shape index (κ2) is 7.03. The molecule has 0 aliphatic rings. The molecule has 94 valence electrons. The van der Waals surface area contributed by atoms with Gasteiger partial charge in [-0.15, -0.1) is 0 Å². The Kier molecular flexibility index (Phi) is 6.01. The van der Waals surface area contributed by atoms with Crippen LogP contribution in [0.4, 0.5) is 0 Å². The molecule has 0 amide bonds. The number of carbonyl (C=O) groups excluding carboxylic acids is 1. The first-order valence-corrected chi connectivity index (χ1v) is 6.80. The van der Waals surface area contributed by atoms with E-state index in [0.717, 1.165) is 23.4 Å². The van der Waals surface area contributed by atoms with Crippen LogP contribution in [-0.2, 0) is 4.79 Å². The Labute approximate surface area is 113 Å². The average Bonchev–Trinajstić information content (AvgIpc) is 2.33. The smallest absolute Gasteiger partial charge is 0.132 e. The lowest BCUT2D eigenvalue weighted by Crippen LogP contribution is -2.03. The van der Waals surface area contributed by atoms with Crippen molar-refractivity contribution < 1.29 is 4.79 Å². The molecule has 0 aromatic heterocycles. The third kappa shape index (κ3) is 4.33. The van der Waals surface area contributed by atoms with E-state index in [-0.39, 0.29) is 0 Å². The number of hydrogen-bond donors (Lipinski definition) is 0. The summed E-state index contributed by atoms with van der Waals surface area (Å²) < 4.78 is 0. The highest BCUT2D eigenvalue weighted by atomic mass is 35.5. The molecule has 0 spiro atoms. The summed E-state index contributed by atoms with van der Waals surface area (Å²) in [5.41, 5.74) is 1.06. The molecule has 0 fully saturated rings. The fraction of sp³-hybridized carbons (Fsp3) is 0.500. The number of hydrogen-bond acceptors (Lipinski definition) is 1. The first kappa shape index (κ1) is 14.5. The van der Waals surface area contributed by atoms with E-state index >= 15 is 0 Å². The fourth-order valence-corrected chi connectivity index (χ4v) is 2.37. The standard InChI is InChI=1S/C14H18Cl2O/c1-3-10(5-7-12(17)4-2)13-9-11(15)6-8-14(13)16/h6,8-10H,3-5,7H2,1-2H3. The molecule has 1 nitrogen and oxygen atoms in total. The first-order valence-electron chi connectivity index (χ1n) is 6.05. The van der Waals surface area contributed by atoms with Crippen LogP contribution in [0.5, 0.6) is 0 Å². The van der Waals surface area contributed by atoms with Crippen LogP contribution in [0.3, 0.4) is 0 Å². The van der Waals surface area contributed by atoms with Gasteiger partial charge in [0.15, 0.2) is 0 Å². The zero-order valence-electron chi connectivity index (χ0n) is 10.3. The highest BCUT2D eigenvalue weighted by Gasteiger charge is 2.14. The Hall–Kier alpha value is -0.530. The van der Waals surface area contributed by atoms with Crippen molar-refractivity contribution >= 4 is 29.0 Å². The normalized spacial score (nSPS) is 12.5. The second-order valence-corrected chi connectivity index (χ2v) is 5.05. The Morgan fingerprint density at radius 2 is 2.00 bits per heavy atom. The van der Waals surface area contributed by atoms with Crippen molar-refractivity contribution in [3.05, 3.63) is 33.8 Å². The van der Waals surface area contributed by atoms with Crippen LogP contribution in [0.25, 0.3) is 0 Å². The van der Waals surface area contributed by atoms with Crippen LogP contribution in [-0.4, -0.2) is 5.78 Å². The summed E-state index contributed by atoms with van der Waals surface area (Å²) in [6.45, 7) is 4.01. The van der Waals surface area contributed by atoms with Gasteiger partial charge in [-0.25, -0.2) is 0 Å². The fourth-order valence-electron chi connectivity index (χ4n) is 1.92. The minimum atomic E-state index is 0.307. The summed E-state index contributed by atoms with van der Waals surface area (Å²) in [5, 5.41) is 1.44. The second-order valence-electron chi connectivity index (χ2n) is 4.20. The molecule has 17 heavy (non-hydrogen) atoms. The van der Waals surface area contributed by atoms with E-state index in [1.807, 2.05) is 19.1 Å². The van der Waals surface area contributed by atoms with Gasteiger partial charge >= 0.3 is 0 Å². The van der Waals surface area contributed by atoms with E-state index in [4.69, 9.17) is 23.2 Å². The molecular weight excluding hydrogens is 255 g/mol. The Morgan fingerprint density at radius 1 is 1.29 bits per heavy atom. The van der Waals surface area contributed by atoms with Crippen molar-refractivity contribution in [3.63, 3.8) is 0 Å². The molecule has 1 atom stereocenters. The third-order valence-corrected chi connectivity index (χ3v) is 3.64. The predicted molar refractivity (Wildman–Crippen MR) is 74.0 cm³/mol. The van der Waals surface area contributed by atoms with Gasteiger partial charge in [0.2, 0.25) is 0 Å².